The van der Waals surface area contributed by atoms with Crippen LogP contribution in [-0.2, 0) is 12.6 Å². The number of nitro groups is 1. The van der Waals surface area contributed by atoms with E-state index < -0.39 is 22.4 Å². The predicted molar refractivity (Wildman–Crippen MR) is 94.6 cm³/mol. The summed E-state index contributed by atoms with van der Waals surface area (Å²) in [5.74, 6) is 1.15. The fourth-order valence-electron chi connectivity index (χ4n) is 2.61. The molecule has 0 bridgehead atoms. The first kappa shape index (κ1) is 20.3. The Morgan fingerprint density at radius 2 is 1.74 bits per heavy atom. The van der Waals surface area contributed by atoms with Gasteiger partial charge < -0.3 is 14.4 Å². The number of halogens is 3. The Morgan fingerprint density at radius 3 is 2.30 bits per heavy atom. The van der Waals surface area contributed by atoms with Crippen molar-refractivity contribution in [2.75, 3.05) is 32.7 Å². The van der Waals surface area contributed by atoms with Gasteiger partial charge in [-0.1, -0.05) is 6.07 Å². The number of anilines is 1. The summed E-state index contributed by atoms with van der Waals surface area (Å²) in [7, 11) is 4.67. The molecular formula is C18H19F3N2O4. The normalized spacial score (nSPS) is 11.2. The molecule has 0 aromatic heterocycles. The van der Waals surface area contributed by atoms with Crippen molar-refractivity contribution in [1.82, 2.24) is 0 Å². The number of nitro benzene ring substituents is 1. The second-order valence-electron chi connectivity index (χ2n) is 5.82. The van der Waals surface area contributed by atoms with Gasteiger partial charge in [-0.3, -0.25) is 10.1 Å². The topological polar surface area (TPSA) is 64.8 Å². The van der Waals surface area contributed by atoms with E-state index in [0.717, 1.165) is 17.7 Å². The van der Waals surface area contributed by atoms with E-state index in [1.807, 2.05) is 6.07 Å². The quantitative estimate of drug-likeness (QED) is 0.526. The smallest absolute Gasteiger partial charge is 0.423 e. The van der Waals surface area contributed by atoms with Gasteiger partial charge >= 0.3 is 6.18 Å². The summed E-state index contributed by atoms with van der Waals surface area (Å²) in [4.78, 5) is 11.4. The molecule has 2 rings (SSSR count). The zero-order chi connectivity index (χ0) is 20.2. The number of hydrogen-bond donors (Lipinski definition) is 0. The highest BCUT2D eigenvalue weighted by molar-refractivity contribution is 5.56. The lowest BCUT2D eigenvalue weighted by Gasteiger charge is -2.21. The molecule has 0 aliphatic heterocycles. The Kier molecular flexibility index (Phi) is 6.14. The lowest BCUT2D eigenvalue weighted by molar-refractivity contribution is -0.388. The first-order valence-corrected chi connectivity index (χ1v) is 7.95. The van der Waals surface area contributed by atoms with E-state index in [1.54, 1.807) is 24.1 Å². The van der Waals surface area contributed by atoms with Crippen molar-refractivity contribution in [1.29, 1.82) is 0 Å². The van der Waals surface area contributed by atoms with Crippen LogP contribution in [0, 0.1) is 10.1 Å². The number of benzene rings is 2. The van der Waals surface area contributed by atoms with E-state index in [1.165, 1.54) is 20.3 Å². The molecular weight excluding hydrogens is 365 g/mol. The molecule has 2 aromatic rings. The average Bonchev–Trinajstić information content (AvgIpc) is 2.64. The summed E-state index contributed by atoms with van der Waals surface area (Å²) in [6.45, 7) is 0.407. The molecule has 0 spiro atoms. The number of alkyl halides is 3. The van der Waals surface area contributed by atoms with Crippen LogP contribution in [0.3, 0.4) is 0 Å². The third-order valence-corrected chi connectivity index (χ3v) is 4.11. The molecule has 146 valence electrons. The zero-order valence-electron chi connectivity index (χ0n) is 15.0. The molecule has 6 nitrogen and oxygen atoms in total. The zero-order valence-corrected chi connectivity index (χ0v) is 15.0. The second-order valence-corrected chi connectivity index (χ2v) is 5.82. The van der Waals surface area contributed by atoms with Crippen LogP contribution in [-0.4, -0.2) is 32.7 Å². The molecule has 2 aromatic carbocycles. The first-order valence-electron chi connectivity index (χ1n) is 7.95. The van der Waals surface area contributed by atoms with Gasteiger partial charge in [0, 0.05) is 25.3 Å². The minimum absolute atomic E-state index is 0.244. The van der Waals surface area contributed by atoms with Crippen molar-refractivity contribution in [3.8, 4) is 11.5 Å². The highest BCUT2D eigenvalue weighted by Gasteiger charge is 2.38. The summed E-state index contributed by atoms with van der Waals surface area (Å²) in [5.41, 5.74) is -1.06. The van der Waals surface area contributed by atoms with Crippen LogP contribution in [0.25, 0.3) is 0 Å². The molecule has 0 radical (unpaired) electrons. The minimum atomic E-state index is -4.80. The SMILES string of the molecule is COc1ccc(CCN(C)c2ccc([N+](=O)[O-])c(C(F)(F)F)c2)cc1OC. The van der Waals surface area contributed by atoms with E-state index in [0.29, 0.717) is 24.5 Å². The van der Waals surface area contributed by atoms with Gasteiger partial charge in [0.2, 0.25) is 0 Å². The number of methoxy groups -OCH3 is 2. The number of hydrogen-bond acceptors (Lipinski definition) is 5. The monoisotopic (exact) mass is 384 g/mol. The molecule has 0 amide bonds. The third-order valence-electron chi connectivity index (χ3n) is 4.11. The summed E-state index contributed by atoms with van der Waals surface area (Å²) >= 11 is 0. The van der Waals surface area contributed by atoms with Crippen LogP contribution in [0.4, 0.5) is 24.5 Å². The molecule has 0 aliphatic carbocycles. The average molecular weight is 384 g/mol. The van der Waals surface area contributed by atoms with Crippen LogP contribution in [0.15, 0.2) is 36.4 Å². The number of ether oxygens (including phenoxy) is 2. The van der Waals surface area contributed by atoms with E-state index in [2.05, 4.69) is 0 Å². The van der Waals surface area contributed by atoms with Gasteiger partial charge in [-0.2, -0.15) is 13.2 Å². The Labute approximate surface area is 154 Å². The lowest BCUT2D eigenvalue weighted by Crippen LogP contribution is -2.21. The minimum Gasteiger partial charge on any atom is -0.493 e. The van der Waals surface area contributed by atoms with E-state index in [-0.39, 0.29) is 5.69 Å². The largest absolute Gasteiger partial charge is 0.493 e. The van der Waals surface area contributed by atoms with Crippen molar-refractivity contribution in [3.63, 3.8) is 0 Å². The van der Waals surface area contributed by atoms with Crippen molar-refractivity contribution in [3.05, 3.63) is 57.6 Å². The Morgan fingerprint density at radius 1 is 1.07 bits per heavy atom. The number of rotatable bonds is 7. The summed E-state index contributed by atoms with van der Waals surface area (Å²) in [6, 6.07) is 8.37. The highest BCUT2D eigenvalue weighted by atomic mass is 19.4. The van der Waals surface area contributed by atoms with Gasteiger partial charge in [0.05, 0.1) is 19.1 Å². The summed E-state index contributed by atoms with van der Waals surface area (Å²) in [6.07, 6.45) is -4.27. The molecule has 0 heterocycles. The highest BCUT2D eigenvalue weighted by Crippen LogP contribution is 2.38. The van der Waals surface area contributed by atoms with Gasteiger partial charge in [-0.05, 0) is 36.2 Å². The maximum absolute atomic E-state index is 13.1. The molecule has 0 aliphatic rings. The van der Waals surface area contributed by atoms with Gasteiger partial charge in [0.25, 0.3) is 5.69 Å². The lowest BCUT2D eigenvalue weighted by atomic mass is 10.1. The van der Waals surface area contributed by atoms with Crippen LogP contribution in [0.2, 0.25) is 0 Å². The number of nitrogens with zero attached hydrogens (tertiary/aromatic N) is 2. The van der Waals surface area contributed by atoms with Crippen molar-refractivity contribution in [2.45, 2.75) is 12.6 Å². The maximum Gasteiger partial charge on any atom is 0.423 e. The third kappa shape index (κ3) is 4.81. The standard InChI is InChI=1S/C18H19F3N2O4/c1-22(9-8-12-4-7-16(26-2)17(10-12)27-3)13-5-6-15(23(24)25)14(11-13)18(19,20)21/h4-7,10-11H,8-9H2,1-3H3. The fraction of sp³-hybridized carbons (Fsp3) is 0.333. The van der Waals surface area contributed by atoms with Crippen LogP contribution >= 0.6 is 0 Å². The van der Waals surface area contributed by atoms with Crippen LogP contribution in [0.5, 0.6) is 11.5 Å². The van der Waals surface area contributed by atoms with Gasteiger partial charge in [-0.25, -0.2) is 0 Å². The summed E-state index contributed by atoms with van der Waals surface area (Å²) in [5, 5.41) is 10.8. The second kappa shape index (κ2) is 8.15. The van der Waals surface area contributed by atoms with Crippen LogP contribution < -0.4 is 14.4 Å². The van der Waals surface area contributed by atoms with Crippen LogP contribution in [0.1, 0.15) is 11.1 Å². The van der Waals surface area contributed by atoms with Gasteiger partial charge in [0.1, 0.15) is 5.56 Å². The molecule has 9 heteroatoms. The number of likely N-dealkylation sites (N-methyl/N-ethyl adjacent to an activating group) is 1. The van der Waals surface area contributed by atoms with E-state index >= 15 is 0 Å². The molecule has 0 unspecified atom stereocenters. The predicted octanol–water partition coefficient (Wildman–Crippen LogP) is 4.31. The molecule has 0 fully saturated rings. The molecule has 0 saturated carbocycles. The molecule has 0 atom stereocenters. The molecule has 0 saturated heterocycles. The first-order chi connectivity index (χ1) is 12.7. The van der Waals surface area contributed by atoms with Gasteiger partial charge in [-0.15, -0.1) is 0 Å². The van der Waals surface area contributed by atoms with Crippen molar-refractivity contribution < 1.29 is 27.6 Å². The van der Waals surface area contributed by atoms with E-state index in [4.69, 9.17) is 9.47 Å². The van der Waals surface area contributed by atoms with Gasteiger partial charge in [0.15, 0.2) is 11.5 Å². The Bertz CT molecular complexity index is 825. The Hall–Kier alpha value is -2.97. The van der Waals surface area contributed by atoms with Crippen molar-refractivity contribution >= 4 is 11.4 Å². The summed E-state index contributed by atoms with van der Waals surface area (Å²) < 4.78 is 49.7. The van der Waals surface area contributed by atoms with E-state index in [9.17, 15) is 23.3 Å². The molecule has 0 N–H and O–H groups in total. The molecule has 27 heavy (non-hydrogen) atoms. The van der Waals surface area contributed by atoms with Crippen molar-refractivity contribution in [2.24, 2.45) is 0 Å². The Balaban J connectivity index is 2.19. The fourth-order valence-corrected chi connectivity index (χ4v) is 2.61. The maximum atomic E-state index is 13.1.